The molecule has 5 aromatic rings. The van der Waals surface area contributed by atoms with Gasteiger partial charge >= 0.3 is 0 Å². The molecule has 10 nitrogen and oxygen atoms in total. The summed E-state index contributed by atoms with van der Waals surface area (Å²) < 4.78 is 0. The number of aryl methyl sites for hydroxylation is 1. The van der Waals surface area contributed by atoms with Gasteiger partial charge in [0.15, 0.2) is 0 Å². The Hall–Kier alpha value is -4.44. The van der Waals surface area contributed by atoms with Gasteiger partial charge in [-0.25, -0.2) is 4.98 Å². The molecular weight excluding hydrogens is 456 g/mol. The van der Waals surface area contributed by atoms with Gasteiger partial charge in [-0.15, -0.1) is 0 Å². The minimum absolute atomic E-state index is 0.0227. The van der Waals surface area contributed by atoms with Crippen LogP contribution in [0, 0.1) is 17.0 Å². The zero-order chi connectivity index (χ0) is 25.4. The number of aromatic nitrogens is 4. The maximum absolute atomic E-state index is 11.9. The van der Waals surface area contributed by atoms with Crippen LogP contribution in [0.5, 0.6) is 0 Å². The topological polar surface area (TPSA) is 119 Å². The largest absolute Gasteiger partial charge is 0.368 e. The molecule has 0 aliphatic heterocycles. The summed E-state index contributed by atoms with van der Waals surface area (Å²) in [5.74, 6) is 0.352. The number of H-pyrrole nitrogens is 2. The molecule has 0 saturated carbocycles. The van der Waals surface area contributed by atoms with Gasteiger partial charge in [-0.05, 0) is 44.8 Å². The Morgan fingerprint density at radius 1 is 1.03 bits per heavy atom. The van der Waals surface area contributed by atoms with Crippen molar-refractivity contribution < 1.29 is 4.92 Å². The van der Waals surface area contributed by atoms with Crippen molar-refractivity contribution in [2.45, 2.75) is 6.92 Å². The van der Waals surface area contributed by atoms with Gasteiger partial charge in [0.1, 0.15) is 11.3 Å². The van der Waals surface area contributed by atoms with Gasteiger partial charge in [-0.2, -0.15) is 4.98 Å². The van der Waals surface area contributed by atoms with E-state index in [9.17, 15) is 10.1 Å². The summed E-state index contributed by atoms with van der Waals surface area (Å²) in [6.45, 7) is 3.52. The molecule has 3 heterocycles. The summed E-state index contributed by atoms with van der Waals surface area (Å²) >= 11 is 0. The number of nitro benzene ring substituents is 1. The van der Waals surface area contributed by atoms with Crippen LogP contribution in [0.25, 0.3) is 33.2 Å². The summed E-state index contributed by atoms with van der Waals surface area (Å²) in [5, 5.41) is 17.0. The molecule has 0 aliphatic rings. The number of aromatic amines is 2. The van der Waals surface area contributed by atoms with Crippen LogP contribution in [0.3, 0.4) is 0 Å². The van der Waals surface area contributed by atoms with Gasteiger partial charge in [-0.1, -0.05) is 18.2 Å². The van der Waals surface area contributed by atoms with Crippen molar-refractivity contribution in [3.05, 3.63) is 70.5 Å². The Morgan fingerprint density at radius 2 is 1.86 bits per heavy atom. The third-order valence-electron chi connectivity index (χ3n) is 6.32. The molecule has 184 valence electrons. The molecule has 3 aromatic heterocycles. The lowest BCUT2D eigenvalue weighted by Crippen LogP contribution is -2.28. The number of para-hydroxylation sites is 1. The van der Waals surface area contributed by atoms with Gasteiger partial charge in [0.05, 0.1) is 10.6 Å². The van der Waals surface area contributed by atoms with Crippen LogP contribution in [-0.2, 0) is 0 Å². The predicted octanol–water partition coefficient (Wildman–Crippen LogP) is 5.06. The van der Waals surface area contributed by atoms with Gasteiger partial charge in [0, 0.05) is 66.1 Å². The van der Waals surface area contributed by atoms with Gasteiger partial charge in [0.25, 0.3) is 5.69 Å². The summed E-state index contributed by atoms with van der Waals surface area (Å²) in [5.41, 5.74) is 5.76. The molecule has 0 bridgehead atoms. The number of hydrogen-bond acceptors (Lipinski definition) is 7. The lowest BCUT2D eigenvalue weighted by molar-refractivity contribution is -0.384. The van der Waals surface area contributed by atoms with Crippen LogP contribution in [0.4, 0.5) is 23.0 Å². The van der Waals surface area contributed by atoms with Gasteiger partial charge in [0.2, 0.25) is 5.95 Å². The number of anilines is 3. The second kappa shape index (κ2) is 9.31. The molecule has 3 N–H and O–H groups in total. The molecule has 5 rings (SSSR count). The standard InChI is InChI=1S/C26H28N8O2/c1-16-6-5-7-18-20(15-28-23(16)18)24-19-10-11-27-25(19)31-26(30-24)29-17-8-9-21(22(14-17)34(35)36)33(4)13-12-32(2)3/h5-11,14-15,28H,12-13H2,1-4H3,(H2,27,29,30,31). The van der Waals surface area contributed by atoms with E-state index in [4.69, 9.17) is 4.98 Å². The normalized spacial score (nSPS) is 11.5. The number of nitrogens with one attached hydrogen (secondary N) is 3. The average molecular weight is 485 g/mol. The molecule has 0 aliphatic carbocycles. The number of nitrogens with zero attached hydrogens (tertiary/aromatic N) is 5. The second-order valence-corrected chi connectivity index (χ2v) is 9.15. The van der Waals surface area contributed by atoms with E-state index in [2.05, 4.69) is 39.3 Å². The highest BCUT2D eigenvalue weighted by Crippen LogP contribution is 2.35. The Balaban J connectivity index is 1.52. The molecule has 0 fully saturated rings. The molecule has 10 heteroatoms. The van der Waals surface area contributed by atoms with E-state index in [0.29, 0.717) is 29.5 Å². The van der Waals surface area contributed by atoms with Crippen molar-refractivity contribution in [2.75, 3.05) is 44.4 Å². The molecule has 0 amide bonds. The average Bonchev–Trinajstić information content (AvgIpc) is 3.50. The highest BCUT2D eigenvalue weighted by Gasteiger charge is 2.20. The SMILES string of the molecule is Cc1cccc2c(-c3nc(Nc4ccc(N(C)CCN(C)C)c([N+](=O)[O-])c4)nc4[nH]ccc34)c[nH]c12. The third-order valence-corrected chi connectivity index (χ3v) is 6.32. The fourth-order valence-electron chi connectivity index (χ4n) is 4.37. The number of likely N-dealkylation sites (N-methyl/N-ethyl adjacent to an activating group) is 2. The fraction of sp³-hybridized carbons (Fsp3) is 0.231. The van der Waals surface area contributed by atoms with Crippen LogP contribution in [0.2, 0.25) is 0 Å². The first-order chi connectivity index (χ1) is 17.3. The Kier molecular flexibility index (Phi) is 6.03. The first-order valence-corrected chi connectivity index (χ1v) is 11.7. The minimum atomic E-state index is -0.360. The molecule has 0 spiro atoms. The summed E-state index contributed by atoms with van der Waals surface area (Å²) in [7, 11) is 5.81. The van der Waals surface area contributed by atoms with E-state index in [1.54, 1.807) is 6.07 Å². The molecule has 36 heavy (non-hydrogen) atoms. The van der Waals surface area contributed by atoms with E-state index in [0.717, 1.165) is 39.7 Å². The van der Waals surface area contributed by atoms with Crippen molar-refractivity contribution in [3.8, 4) is 11.3 Å². The van der Waals surface area contributed by atoms with Crippen LogP contribution >= 0.6 is 0 Å². The molecule has 0 atom stereocenters. The lowest BCUT2D eigenvalue weighted by atomic mass is 10.1. The van der Waals surface area contributed by atoms with Gasteiger partial charge in [-0.3, -0.25) is 10.1 Å². The molecule has 0 unspecified atom stereocenters. The maximum Gasteiger partial charge on any atom is 0.294 e. The fourth-order valence-corrected chi connectivity index (χ4v) is 4.37. The van der Waals surface area contributed by atoms with E-state index in [1.165, 1.54) is 6.07 Å². The van der Waals surface area contributed by atoms with Crippen molar-refractivity contribution in [1.29, 1.82) is 0 Å². The number of hydrogen-bond donors (Lipinski definition) is 3. The second-order valence-electron chi connectivity index (χ2n) is 9.15. The molecular formula is C26H28N8O2. The summed E-state index contributed by atoms with van der Waals surface area (Å²) in [6, 6.07) is 13.2. The monoisotopic (exact) mass is 484 g/mol. The zero-order valence-electron chi connectivity index (χ0n) is 20.7. The van der Waals surface area contributed by atoms with Crippen LogP contribution in [0.15, 0.2) is 54.9 Å². The third kappa shape index (κ3) is 4.34. The van der Waals surface area contributed by atoms with Crippen molar-refractivity contribution in [2.24, 2.45) is 0 Å². The van der Waals surface area contributed by atoms with E-state index < -0.39 is 0 Å². The highest BCUT2D eigenvalue weighted by molar-refractivity contribution is 6.03. The highest BCUT2D eigenvalue weighted by atomic mass is 16.6. The first kappa shape index (κ1) is 23.3. The van der Waals surface area contributed by atoms with Crippen LogP contribution < -0.4 is 10.2 Å². The summed E-state index contributed by atoms with van der Waals surface area (Å²) in [6.07, 6.45) is 3.79. The van der Waals surface area contributed by atoms with Crippen molar-refractivity contribution in [3.63, 3.8) is 0 Å². The Labute approximate surface area is 208 Å². The summed E-state index contributed by atoms with van der Waals surface area (Å²) in [4.78, 5) is 31.4. The Bertz CT molecular complexity index is 1570. The van der Waals surface area contributed by atoms with E-state index in [-0.39, 0.29) is 10.6 Å². The zero-order valence-corrected chi connectivity index (χ0v) is 20.7. The van der Waals surface area contributed by atoms with Crippen molar-refractivity contribution in [1.82, 2.24) is 24.8 Å². The van der Waals surface area contributed by atoms with Crippen LogP contribution in [0.1, 0.15) is 5.56 Å². The predicted molar refractivity (Wildman–Crippen MR) is 144 cm³/mol. The number of nitro groups is 1. The Morgan fingerprint density at radius 3 is 2.64 bits per heavy atom. The number of rotatable bonds is 8. The van der Waals surface area contributed by atoms with Gasteiger partial charge < -0.3 is 25.1 Å². The van der Waals surface area contributed by atoms with Crippen molar-refractivity contribution >= 4 is 44.9 Å². The van der Waals surface area contributed by atoms with Crippen LogP contribution in [-0.4, -0.2) is 64.0 Å². The lowest BCUT2D eigenvalue weighted by Gasteiger charge is -2.21. The van der Waals surface area contributed by atoms with E-state index in [1.807, 2.05) is 61.5 Å². The molecule has 2 aromatic carbocycles. The molecule has 0 radical (unpaired) electrons. The number of benzene rings is 2. The maximum atomic E-state index is 11.9. The molecule has 0 saturated heterocycles. The first-order valence-electron chi connectivity index (χ1n) is 11.7. The smallest absolute Gasteiger partial charge is 0.294 e. The number of fused-ring (bicyclic) bond motifs is 2. The minimum Gasteiger partial charge on any atom is -0.368 e. The van der Waals surface area contributed by atoms with E-state index >= 15 is 0 Å². The quantitative estimate of drug-likeness (QED) is 0.208.